The van der Waals surface area contributed by atoms with Gasteiger partial charge in [0.15, 0.2) is 11.5 Å². The van der Waals surface area contributed by atoms with Crippen LogP contribution in [0.25, 0.3) is 0 Å². The van der Waals surface area contributed by atoms with E-state index in [-0.39, 0.29) is 24.3 Å². The van der Waals surface area contributed by atoms with Crippen LogP contribution in [0.5, 0.6) is 17.2 Å². The maximum atomic E-state index is 13.4. The first kappa shape index (κ1) is 26.3. The molecule has 35 heavy (non-hydrogen) atoms. The van der Waals surface area contributed by atoms with Crippen LogP contribution in [-0.2, 0) is 11.3 Å². The summed E-state index contributed by atoms with van der Waals surface area (Å²) < 4.78 is 16.1. The first-order valence-corrected chi connectivity index (χ1v) is 12.0. The van der Waals surface area contributed by atoms with Crippen LogP contribution in [0, 0.1) is 0 Å². The van der Waals surface area contributed by atoms with Crippen LogP contribution in [0.4, 0.5) is 0 Å². The molecular weight excluding hydrogens is 446 g/mol. The fourth-order valence-electron chi connectivity index (χ4n) is 4.34. The predicted molar refractivity (Wildman–Crippen MR) is 135 cm³/mol. The standard InChI is InChI=1S/C27H37N3O5/c1-20(2)30(27(32)22-17-23(33-3)26(35-5)24(18-22)34-4)12-11-25(31)29-15-13-28(14-16-29)19-21-9-7-6-8-10-21/h6-10,17-18,20H,11-16,19H2,1-5H3. The molecule has 0 unspecified atom stereocenters. The van der Waals surface area contributed by atoms with E-state index in [9.17, 15) is 9.59 Å². The van der Waals surface area contributed by atoms with Gasteiger partial charge in [-0.25, -0.2) is 0 Å². The molecule has 0 atom stereocenters. The number of amides is 2. The zero-order chi connectivity index (χ0) is 25.4. The lowest BCUT2D eigenvalue weighted by Crippen LogP contribution is -2.49. The molecule has 1 saturated heterocycles. The van der Waals surface area contributed by atoms with E-state index in [2.05, 4.69) is 29.2 Å². The second-order valence-corrected chi connectivity index (χ2v) is 8.90. The number of carbonyl (C=O) groups is 2. The number of benzene rings is 2. The number of methoxy groups -OCH3 is 3. The summed E-state index contributed by atoms with van der Waals surface area (Å²) in [5, 5.41) is 0. The van der Waals surface area contributed by atoms with Gasteiger partial charge >= 0.3 is 0 Å². The molecule has 0 aliphatic carbocycles. The lowest BCUT2D eigenvalue weighted by Gasteiger charge is -2.35. The van der Waals surface area contributed by atoms with Gasteiger partial charge in [0.2, 0.25) is 11.7 Å². The Kier molecular flexibility index (Phi) is 9.37. The smallest absolute Gasteiger partial charge is 0.254 e. The van der Waals surface area contributed by atoms with Crippen LogP contribution in [0.15, 0.2) is 42.5 Å². The highest BCUT2D eigenvalue weighted by Crippen LogP contribution is 2.38. The fourth-order valence-corrected chi connectivity index (χ4v) is 4.34. The monoisotopic (exact) mass is 483 g/mol. The highest BCUT2D eigenvalue weighted by atomic mass is 16.5. The van der Waals surface area contributed by atoms with E-state index in [1.54, 1.807) is 17.0 Å². The molecule has 1 aliphatic rings. The molecule has 0 bridgehead atoms. The minimum absolute atomic E-state index is 0.0721. The number of piperazine rings is 1. The molecule has 2 aromatic carbocycles. The molecule has 1 heterocycles. The fraction of sp³-hybridized carbons (Fsp3) is 0.481. The van der Waals surface area contributed by atoms with Gasteiger partial charge in [-0.1, -0.05) is 30.3 Å². The summed E-state index contributed by atoms with van der Waals surface area (Å²) in [6.07, 6.45) is 0.285. The van der Waals surface area contributed by atoms with Crippen LogP contribution >= 0.6 is 0 Å². The van der Waals surface area contributed by atoms with Crippen LogP contribution < -0.4 is 14.2 Å². The van der Waals surface area contributed by atoms with E-state index in [1.807, 2.05) is 24.8 Å². The molecule has 2 aromatic rings. The van der Waals surface area contributed by atoms with Crippen molar-refractivity contribution >= 4 is 11.8 Å². The van der Waals surface area contributed by atoms with E-state index in [4.69, 9.17) is 14.2 Å². The topological polar surface area (TPSA) is 71.6 Å². The molecular formula is C27H37N3O5. The Morgan fingerprint density at radius 2 is 1.51 bits per heavy atom. The summed E-state index contributed by atoms with van der Waals surface area (Å²) in [6, 6.07) is 13.6. The third-order valence-corrected chi connectivity index (χ3v) is 6.34. The zero-order valence-corrected chi connectivity index (χ0v) is 21.5. The Morgan fingerprint density at radius 1 is 0.914 bits per heavy atom. The summed E-state index contributed by atoms with van der Waals surface area (Å²) in [4.78, 5) is 32.3. The Bertz CT molecular complexity index is 963. The first-order valence-electron chi connectivity index (χ1n) is 12.0. The van der Waals surface area contributed by atoms with Crippen molar-refractivity contribution in [2.75, 3.05) is 54.1 Å². The van der Waals surface area contributed by atoms with Crippen molar-refractivity contribution in [2.45, 2.75) is 32.9 Å². The van der Waals surface area contributed by atoms with Crippen LogP contribution in [0.1, 0.15) is 36.2 Å². The highest BCUT2D eigenvalue weighted by Gasteiger charge is 2.26. The lowest BCUT2D eigenvalue weighted by atomic mass is 10.1. The van der Waals surface area contributed by atoms with Crippen LogP contribution in [0.3, 0.4) is 0 Å². The normalized spacial score (nSPS) is 14.1. The molecule has 1 fully saturated rings. The lowest BCUT2D eigenvalue weighted by molar-refractivity contribution is -0.133. The van der Waals surface area contributed by atoms with Gasteiger partial charge in [0.05, 0.1) is 21.3 Å². The Labute approximate surface area is 208 Å². The van der Waals surface area contributed by atoms with Crippen molar-refractivity contribution in [1.82, 2.24) is 14.7 Å². The predicted octanol–water partition coefficient (Wildman–Crippen LogP) is 3.30. The summed E-state index contributed by atoms with van der Waals surface area (Å²) >= 11 is 0. The molecule has 190 valence electrons. The van der Waals surface area contributed by atoms with Crippen LogP contribution in [0.2, 0.25) is 0 Å². The molecule has 2 amide bonds. The molecule has 8 nitrogen and oxygen atoms in total. The van der Waals surface area contributed by atoms with E-state index < -0.39 is 0 Å². The molecule has 0 aromatic heterocycles. The zero-order valence-electron chi connectivity index (χ0n) is 21.5. The summed E-state index contributed by atoms with van der Waals surface area (Å²) in [5.41, 5.74) is 1.71. The molecule has 0 N–H and O–H groups in total. The van der Waals surface area contributed by atoms with E-state index in [0.29, 0.717) is 42.4 Å². The minimum Gasteiger partial charge on any atom is -0.493 e. The van der Waals surface area contributed by atoms with Gasteiger partial charge in [-0.3, -0.25) is 14.5 Å². The SMILES string of the molecule is COc1cc(C(=O)N(CCC(=O)N2CCN(Cc3ccccc3)CC2)C(C)C)cc(OC)c1OC. The Hall–Kier alpha value is -3.26. The van der Waals surface area contributed by atoms with E-state index in [0.717, 1.165) is 19.6 Å². The van der Waals surface area contributed by atoms with Crippen molar-refractivity contribution in [3.05, 3.63) is 53.6 Å². The van der Waals surface area contributed by atoms with Gasteiger partial charge in [0.25, 0.3) is 5.91 Å². The van der Waals surface area contributed by atoms with Crippen molar-refractivity contribution in [3.8, 4) is 17.2 Å². The van der Waals surface area contributed by atoms with Crippen molar-refractivity contribution < 1.29 is 23.8 Å². The van der Waals surface area contributed by atoms with Gasteiger partial charge in [-0.05, 0) is 31.5 Å². The van der Waals surface area contributed by atoms with Crippen LogP contribution in [-0.4, -0.2) is 86.6 Å². The van der Waals surface area contributed by atoms with Gasteiger partial charge in [0.1, 0.15) is 0 Å². The number of rotatable bonds is 10. The highest BCUT2D eigenvalue weighted by molar-refractivity contribution is 5.96. The van der Waals surface area contributed by atoms with E-state index >= 15 is 0 Å². The van der Waals surface area contributed by atoms with Gasteiger partial charge < -0.3 is 24.0 Å². The van der Waals surface area contributed by atoms with Crippen molar-refractivity contribution in [3.63, 3.8) is 0 Å². The van der Waals surface area contributed by atoms with Crippen molar-refractivity contribution in [2.24, 2.45) is 0 Å². The molecule has 1 aliphatic heterocycles. The third kappa shape index (κ3) is 6.66. The van der Waals surface area contributed by atoms with Gasteiger partial charge in [-0.2, -0.15) is 0 Å². The second-order valence-electron chi connectivity index (χ2n) is 8.90. The largest absolute Gasteiger partial charge is 0.493 e. The minimum atomic E-state index is -0.181. The quantitative estimate of drug-likeness (QED) is 0.517. The second kappa shape index (κ2) is 12.4. The number of ether oxygens (including phenoxy) is 3. The Morgan fingerprint density at radius 3 is 2.03 bits per heavy atom. The average molecular weight is 484 g/mol. The number of hydrogen-bond donors (Lipinski definition) is 0. The summed E-state index contributed by atoms with van der Waals surface area (Å²) in [5.74, 6) is 1.17. The van der Waals surface area contributed by atoms with Gasteiger partial charge in [0, 0.05) is 57.3 Å². The first-order chi connectivity index (χ1) is 16.9. The molecule has 0 radical (unpaired) electrons. The average Bonchev–Trinajstić information content (AvgIpc) is 2.88. The van der Waals surface area contributed by atoms with Crippen molar-refractivity contribution in [1.29, 1.82) is 0 Å². The maximum Gasteiger partial charge on any atom is 0.254 e. The molecule has 3 rings (SSSR count). The number of carbonyl (C=O) groups excluding carboxylic acids is 2. The Balaban J connectivity index is 1.59. The molecule has 0 spiro atoms. The maximum absolute atomic E-state index is 13.4. The molecule has 8 heteroatoms. The summed E-state index contributed by atoms with van der Waals surface area (Å²) in [6.45, 7) is 8.23. The molecule has 0 saturated carbocycles. The third-order valence-electron chi connectivity index (χ3n) is 6.34. The summed E-state index contributed by atoms with van der Waals surface area (Å²) in [7, 11) is 4.56. The number of nitrogens with zero attached hydrogens (tertiary/aromatic N) is 3. The number of hydrogen-bond acceptors (Lipinski definition) is 6. The van der Waals surface area contributed by atoms with Gasteiger partial charge in [-0.15, -0.1) is 0 Å². The van der Waals surface area contributed by atoms with E-state index in [1.165, 1.54) is 26.9 Å².